The van der Waals surface area contributed by atoms with Crippen LogP contribution in [0.2, 0.25) is 0 Å². The van der Waals surface area contributed by atoms with Gasteiger partial charge in [-0.2, -0.15) is 0 Å². The highest BCUT2D eigenvalue weighted by Crippen LogP contribution is 2.39. The molecule has 6 rings (SSSR count). The highest BCUT2D eigenvalue weighted by Gasteiger charge is 2.41. The summed E-state index contributed by atoms with van der Waals surface area (Å²) in [6.07, 6.45) is 7.33. The molecule has 3 aromatic heterocycles. The van der Waals surface area contributed by atoms with E-state index >= 15 is 0 Å². The summed E-state index contributed by atoms with van der Waals surface area (Å²) in [5, 5.41) is 23.7. The largest absolute Gasteiger partial charge is 0.480 e. The number of carbonyl (C=O) groups is 3. The zero-order valence-corrected chi connectivity index (χ0v) is 26.3. The molecule has 46 heavy (non-hydrogen) atoms. The normalized spacial score (nSPS) is 22.8. The number of anilines is 1. The van der Waals surface area contributed by atoms with Crippen LogP contribution >= 0.6 is 0 Å². The van der Waals surface area contributed by atoms with Crippen LogP contribution in [0.1, 0.15) is 79.9 Å². The minimum absolute atomic E-state index is 0.00781. The number of hydrogen-bond acceptors (Lipinski definition) is 9. The number of carboxylic acid groups (broad SMARTS) is 1. The van der Waals surface area contributed by atoms with Gasteiger partial charge in [0.05, 0.1) is 17.4 Å². The Hall–Kier alpha value is -5.17. The van der Waals surface area contributed by atoms with Crippen molar-refractivity contribution in [2.75, 3.05) is 18.9 Å². The molecule has 1 saturated heterocycles. The summed E-state index contributed by atoms with van der Waals surface area (Å²) in [7, 11) is 2.09. The van der Waals surface area contributed by atoms with E-state index in [1.807, 2.05) is 55.6 Å². The molecule has 3 atom stereocenters. The topological polar surface area (TPSA) is 164 Å². The highest BCUT2D eigenvalue weighted by molar-refractivity contribution is 5.93. The Labute approximate surface area is 265 Å². The lowest BCUT2D eigenvalue weighted by Crippen LogP contribution is -2.49. The zero-order chi connectivity index (χ0) is 32.9. The van der Waals surface area contributed by atoms with Crippen LogP contribution in [0.3, 0.4) is 0 Å². The van der Waals surface area contributed by atoms with E-state index in [-0.39, 0.29) is 11.4 Å². The van der Waals surface area contributed by atoms with Crippen molar-refractivity contribution >= 4 is 29.8 Å². The molecule has 0 bridgehead atoms. The van der Waals surface area contributed by atoms with Gasteiger partial charge in [0.15, 0.2) is 17.8 Å². The van der Waals surface area contributed by atoms with Crippen molar-refractivity contribution in [3.05, 3.63) is 89.3 Å². The number of amides is 2. The van der Waals surface area contributed by atoms with Crippen LogP contribution in [0.25, 0.3) is 5.65 Å². The summed E-state index contributed by atoms with van der Waals surface area (Å²) in [6, 6.07) is 11.7. The first-order valence-electron chi connectivity index (χ1n) is 15.0. The molecule has 0 unspecified atom stereocenters. The molecule has 2 amide bonds. The van der Waals surface area contributed by atoms with E-state index in [0.717, 1.165) is 25.2 Å². The second kappa shape index (κ2) is 11.3. The summed E-state index contributed by atoms with van der Waals surface area (Å²) in [5.74, 6) is -0.354. The van der Waals surface area contributed by atoms with Gasteiger partial charge in [0.2, 0.25) is 5.82 Å². The number of carboxylic acids is 1. The first kappa shape index (κ1) is 30.8. The number of rotatable bonds is 7. The standard InChI is InChI=1S/C33H36N8O5/c1-31(2,3)24-17-25(35-27(34-24)28(43)44)36-30(45)37-33(19-42)15-13-23(21-9-6-7-10-22(21)33)46-20-11-12-26-38-39-29(41(26)18-20)32(4)14-8-16-40(32)5/h6-7,9-13,15,17-19,23H,8,14,16H2,1-5H3,(H,43,44)(H2,34,35,36,37,45)/t23-,32+,33-/m1/s1. The van der Waals surface area contributed by atoms with E-state index in [9.17, 15) is 19.5 Å². The number of aromatic carboxylic acids is 1. The van der Waals surface area contributed by atoms with Gasteiger partial charge in [0.25, 0.3) is 0 Å². The molecule has 3 N–H and O–H groups in total. The van der Waals surface area contributed by atoms with Crippen LogP contribution in [0.4, 0.5) is 10.6 Å². The Kier molecular flexibility index (Phi) is 7.59. The third-order valence-electron chi connectivity index (χ3n) is 8.80. The van der Waals surface area contributed by atoms with Crippen molar-refractivity contribution in [1.29, 1.82) is 0 Å². The third kappa shape index (κ3) is 5.47. The molecule has 1 aromatic carbocycles. The van der Waals surface area contributed by atoms with Gasteiger partial charge >= 0.3 is 12.0 Å². The van der Waals surface area contributed by atoms with Crippen molar-refractivity contribution < 1.29 is 24.2 Å². The number of aldehydes is 1. The highest BCUT2D eigenvalue weighted by atomic mass is 16.5. The summed E-state index contributed by atoms with van der Waals surface area (Å²) in [4.78, 5) is 48.0. The molecule has 4 heterocycles. The van der Waals surface area contributed by atoms with Crippen LogP contribution < -0.4 is 15.4 Å². The van der Waals surface area contributed by atoms with Crippen molar-refractivity contribution in [3.63, 3.8) is 0 Å². The van der Waals surface area contributed by atoms with Crippen molar-refractivity contribution in [3.8, 4) is 5.75 Å². The number of carbonyl (C=O) groups excluding carboxylic acids is 2. The van der Waals surface area contributed by atoms with Gasteiger partial charge in [-0.3, -0.25) is 19.4 Å². The number of benzene rings is 1. The Balaban J connectivity index is 1.27. The van der Waals surface area contributed by atoms with Gasteiger partial charge < -0.3 is 15.2 Å². The van der Waals surface area contributed by atoms with Crippen LogP contribution in [0.5, 0.6) is 5.75 Å². The Morgan fingerprint density at radius 2 is 1.91 bits per heavy atom. The number of nitrogens with one attached hydrogen (secondary N) is 2. The van der Waals surface area contributed by atoms with Gasteiger partial charge in [0.1, 0.15) is 23.2 Å². The lowest BCUT2D eigenvalue weighted by molar-refractivity contribution is -0.111. The third-order valence-corrected chi connectivity index (χ3v) is 8.80. The number of ether oxygens (including phenoxy) is 1. The SMILES string of the molecule is CN1CCC[C@@]1(C)c1nnc2ccc(O[C@@H]3C=C[C@](C=O)(NC(=O)Nc4cc(C(C)(C)C)nc(C(=O)O)n4)c4ccccc43)cn12. The number of pyridine rings is 1. The number of fused-ring (bicyclic) bond motifs is 2. The van der Waals surface area contributed by atoms with E-state index in [4.69, 9.17) is 4.74 Å². The molecule has 0 saturated carbocycles. The fourth-order valence-corrected chi connectivity index (χ4v) is 6.06. The fourth-order valence-electron chi connectivity index (χ4n) is 6.06. The maximum Gasteiger partial charge on any atom is 0.374 e. The first-order valence-corrected chi connectivity index (χ1v) is 15.0. The molecule has 0 radical (unpaired) electrons. The molecular weight excluding hydrogens is 588 g/mol. The summed E-state index contributed by atoms with van der Waals surface area (Å²) in [6.45, 7) is 8.76. The van der Waals surface area contributed by atoms with Gasteiger partial charge in [-0.05, 0) is 63.2 Å². The molecule has 1 fully saturated rings. The average Bonchev–Trinajstić information content (AvgIpc) is 3.60. The molecule has 13 heteroatoms. The van der Waals surface area contributed by atoms with E-state index in [1.54, 1.807) is 24.3 Å². The molecule has 0 spiro atoms. The maximum absolute atomic E-state index is 13.3. The molecule has 1 aliphatic carbocycles. The second-order valence-corrected chi connectivity index (χ2v) is 13.0. The quantitative estimate of drug-likeness (QED) is 0.199. The van der Waals surface area contributed by atoms with Crippen molar-refractivity contribution in [1.82, 2.24) is 34.8 Å². The second-order valence-electron chi connectivity index (χ2n) is 13.0. The minimum Gasteiger partial charge on any atom is -0.480 e. The number of urea groups is 1. The van der Waals surface area contributed by atoms with E-state index in [0.29, 0.717) is 34.5 Å². The lowest BCUT2D eigenvalue weighted by Gasteiger charge is -2.34. The van der Waals surface area contributed by atoms with Gasteiger partial charge in [0, 0.05) is 17.0 Å². The fraction of sp³-hybridized carbons (Fsp3) is 0.364. The van der Waals surface area contributed by atoms with E-state index < -0.39 is 34.9 Å². The Morgan fingerprint density at radius 1 is 1.13 bits per heavy atom. The number of likely N-dealkylation sites (tertiary alicyclic amines) is 1. The lowest BCUT2D eigenvalue weighted by atomic mass is 9.81. The predicted octanol–water partition coefficient (Wildman–Crippen LogP) is 4.36. The van der Waals surface area contributed by atoms with Crippen LogP contribution in [0, 0.1) is 0 Å². The van der Waals surface area contributed by atoms with Gasteiger partial charge in [-0.25, -0.2) is 19.6 Å². The molecule has 238 valence electrons. The summed E-state index contributed by atoms with van der Waals surface area (Å²) >= 11 is 0. The van der Waals surface area contributed by atoms with Crippen LogP contribution in [-0.2, 0) is 21.3 Å². The minimum atomic E-state index is -1.52. The van der Waals surface area contributed by atoms with Crippen molar-refractivity contribution in [2.24, 2.45) is 0 Å². The average molecular weight is 625 g/mol. The zero-order valence-electron chi connectivity index (χ0n) is 26.3. The smallest absolute Gasteiger partial charge is 0.374 e. The summed E-state index contributed by atoms with van der Waals surface area (Å²) < 4.78 is 8.43. The first-order chi connectivity index (χ1) is 21.8. The number of hydrogen-bond donors (Lipinski definition) is 3. The molecular formula is C33H36N8O5. The molecule has 2 aliphatic rings. The van der Waals surface area contributed by atoms with E-state index in [1.165, 1.54) is 6.07 Å². The van der Waals surface area contributed by atoms with Crippen LogP contribution in [-0.4, -0.2) is 66.5 Å². The van der Waals surface area contributed by atoms with Crippen LogP contribution in [0.15, 0.2) is 60.8 Å². The molecule has 1 aliphatic heterocycles. The number of aromatic nitrogens is 5. The Bertz CT molecular complexity index is 1880. The van der Waals surface area contributed by atoms with Gasteiger partial charge in [-0.1, -0.05) is 45.0 Å². The molecule has 4 aromatic rings. The summed E-state index contributed by atoms with van der Waals surface area (Å²) in [5.41, 5.74) is 0.0907. The predicted molar refractivity (Wildman–Crippen MR) is 169 cm³/mol. The Morgan fingerprint density at radius 3 is 2.61 bits per heavy atom. The maximum atomic E-state index is 13.3. The van der Waals surface area contributed by atoms with Crippen molar-refractivity contribution in [2.45, 2.75) is 63.1 Å². The van der Waals surface area contributed by atoms with Gasteiger partial charge in [-0.15, -0.1) is 10.2 Å². The molecule has 13 nitrogen and oxygen atoms in total. The monoisotopic (exact) mass is 624 g/mol. The van der Waals surface area contributed by atoms with E-state index in [2.05, 4.69) is 49.7 Å². The number of nitrogens with zero attached hydrogens (tertiary/aromatic N) is 6.